The van der Waals surface area contributed by atoms with Gasteiger partial charge in [0.2, 0.25) is 0 Å². The average molecular weight is 456 g/mol. The number of anilines is 1. The molecular formula is C24H26FN3O3S. The lowest BCUT2D eigenvalue weighted by Gasteiger charge is -2.25. The Hall–Kier alpha value is -3.23. The van der Waals surface area contributed by atoms with E-state index in [2.05, 4.69) is 10.0 Å². The maximum Gasteiger partial charge on any atom is 0.261 e. The van der Waals surface area contributed by atoms with Crippen molar-refractivity contribution in [2.24, 2.45) is 0 Å². The minimum atomic E-state index is -3.93. The molecule has 1 unspecified atom stereocenters. The number of sulfonamides is 1. The second-order valence-electron chi connectivity index (χ2n) is 7.66. The zero-order valence-corrected chi connectivity index (χ0v) is 18.8. The first-order valence-corrected chi connectivity index (χ1v) is 11.6. The van der Waals surface area contributed by atoms with Gasteiger partial charge in [0.25, 0.3) is 15.9 Å². The molecule has 0 radical (unpaired) electrons. The van der Waals surface area contributed by atoms with E-state index in [-0.39, 0.29) is 28.1 Å². The Labute approximate surface area is 188 Å². The number of hydrogen-bond donors (Lipinski definition) is 2. The van der Waals surface area contributed by atoms with Gasteiger partial charge in [-0.15, -0.1) is 0 Å². The summed E-state index contributed by atoms with van der Waals surface area (Å²) in [5.41, 5.74) is 1.64. The number of halogens is 1. The standard InChI is InChI=1S/C24H26FN3O3S/c1-28(2)22(15-18-7-4-3-5-8-18)17-26-24(29)19-9-6-10-23(16-19)32(30,31)27-21-13-11-20(25)12-14-21/h3-14,16,22,27H,15,17H2,1-2H3,(H,26,29). The molecule has 3 aromatic carbocycles. The van der Waals surface area contributed by atoms with E-state index in [1.807, 2.05) is 49.3 Å². The highest BCUT2D eigenvalue weighted by Crippen LogP contribution is 2.18. The summed E-state index contributed by atoms with van der Waals surface area (Å²) >= 11 is 0. The third-order valence-electron chi connectivity index (χ3n) is 5.05. The summed E-state index contributed by atoms with van der Waals surface area (Å²) in [5, 5.41) is 2.90. The minimum Gasteiger partial charge on any atom is -0.350 e. The second-order valence-corrected chi connectivity index (χ2v) is 9.34. The van der Waals surface area contributed by atoms with E-state index < -0.39 is 15.8 Å². The van der Waals surface area contributed by atoms with E-state index in [1.54, 1.807) is 6.07 Å². The molecule has 0 spiro atoms. The number of rotatable bonds is 9. The molecule has 0 saturated carbocycles. The van der Waals surface area contributed by atoms with Crippen molar-refractivity contribution in [3.63, 3.8) is 0 Å². The first kappa shape index (κ1) is 23.4. The average Bonchev–Trinajstić information content (AvgIpc) is 2.78. The highest BCUT2D eigenvalue weighted by molar-refractivity contribution is 7.92. The number of carbonyl (C=O) groups is 1. The van der Waals surface area contributed by atoms with Crippen LogP contribution in [0.15, 0.2) is 83.8 Å². The number of nitrogens with zero attached hydrogens (tertiary/aromatic N) is 1. The lowest BCUT2D eigenvalue weighted by molar-refractivity contribution is 0.0941. The number of carbonyl (C=O) groups excluding carboxylic acids is 1. The van der Waals surface area contributed by atoms with Crippen LogP contribution in [0.3, 0.4) is 0 Å². The summed E-state index contributed by atoms with van der Waals surface area (Å²) < 4.78 is 40.8. The predicted molar refractivity (Wildman–Crippen MR) is 124 cm³/mol. The molecule has 32 heavy (non-hydrogen) atoms. The summed E-state index contributed by atoms with van der Waals surface area (Å²) in [5.74, 6) is -0.821. The third-order valence-corrected chi connectivity index (χ3v) is 6.42. The molecule has 0 fully saturated rings. The van der Waals surface area contributed by atoms with E-state index in [0.29, 0.717) is 6.54 Å². The first-order valence-electron chi connectivity index (χ1n) is 10.1. The van der Waals surface area contributed by atoms with Gasteiger partial charge >= 0.3 is 0 Å². The van der Waals surface area contributed by atoms with Crippen LogP contribution in [-0.2, 0) is 16.4 Å². The fourth-order valence-electron chi connectivity index (χ4n) is 3.17. The van der Waals surface area contributed by atoms with Crippen LogP contribution >= 0.6 is 0 Å². The topological polar surface area (TPSA) is 78.5 Å². The fraction of sp³-hybridized carbons (Fsp3) is 0.208. The monoisotopic (exact) mass is 455 g/mol. The molecule has 0 aliphatic rings. The summed E-state index contributed by atoms with van der Waals surface area (Å²) in [6.07, 6.45) is 0.768. The van der Waals surface area contributed by atoms with E-state index in [4.69, 9.17) is 0 Å². The van der Waals surface area contributed by atoms with Crippen LogP contribution < -0.4 is 10.0 Å². The normalized spacial score (nSPS) is 12.4. The Bertz CT molecular complexity index is 1150. The SMILES string of the molecule is CN(C)C(CNC(=O)c1cccc(S(=O)(=O)Nc2ccc(F)cc2)c1)Cc1ccccc1. The highest BCUT2D eigenvalue weighted by Gasteiger charge is 2.18. The van der Waals surface area contributed by atoms with Gasteiger partial charge in [-0.25, -0.2) is 12.8 Å². The Morgan fingerprint density at radius 1 is 0.969 bits per heavy atom. The molecule has 8 heteroatoms. The largest absolute Gasteiger partial charge is 0.350 e. The molecule has 0 saturated heterocycles. The van der Waals surface area contributed by atoms with Gasteiger partial charge in [-0.1, -0.05) is 36.4 Å². The number of amides is 1. The van der Waals surface area contributed by atoms with Crippen molar-refractivity contribution < 1.29 is 17.6 Å². The maximum absolute atomic E-state index is 13.1. The van der Waals surface area contributed by atoms with E-state index >= 15 is 0 Å². The van der Waals surface area contributed by atoms with E-state index in [0.717, 1.165) is 6.42 Å². The van der Waals surface area contributed by atoms with Gasteiger partial charge < -0.3 is 10.2 Å². The number of benzene rings is 3. The molecule has 3 rings (SSSR count). The van der Waals surface area contributed by atoms with Crippen molar-refractivity contribution in [3.8, 4) is 0 Å². The molecule has 0 aliphatic heterocycles. The van der Waals surface area contributed by atoms with Crippen LogP contribution in [0, 0.1) is 5.82 Å². The van der Waals surface area contributed by atoms with Crippen molar-refractivity contribution in [2.75, 3.05) is 25.4 Å². The Balaban J connectivity index is 1.68. The van der Waals surface area contributed by atoms with Crippen LogP contribution in [0.1, 0.15) is 15.9 Å². The highest BCUT2D eigenvalue weighted by atomic mass is 32.2. The number of hydrogen-bond acceptors (Lipinski definition) is 4. The molecule has 0 bridgehead atoms. The Morgan fingerprint density at radius 2 is 1.66 bits per heavy atom. The van der Waals surface area contributed by atoms with Gasteiger partial charge in [0.15, 0.2) is 0 Å². The molecule has 168 valence electrons. The van der Waals surface area contributed by atoms with E-state index in [1.165, 1.54) is 48.0 Å². The molecular weight excluding hydrogens is 429 g/mol. The number of nitrogens with one attached hydrogen (secondary N) is 2. The van der Waals surface area contributed by atoms with Crippen molar-refractivity contribution in [1.82, 2.24) is 10.2 Å². The van der Waals surface area contributed by atoms with Gasteiger partial charge in [0.1, 0.15) is 5.82 Å². The van der Waals surface area contributed by atoms with Gasteiger partial charge in [-0.3, -0.25) is 9.52 Å². The molecule has 3 aromatic rings. The van der Waals surface area contributed by atoms with Gasteiger partial charge in [-0.05, 0) is 68.5 Å². The Kier molecular flexibility index (Phi) is 7.61. The molecule has 0 aromatic heterocycles. The van der Waals surface area contributed by atoms with Crippen LogP contribution in [0.25, 0.3) is 0 Å². The fourth-order valence-corrected chi connectivity index (χ4v) is 4.28. The van der Waals surface area contributed by atoms with Gasteiger partial charge in [-0.2, -0.15) is 0 Å². The van der Waals surface area contributed by atoms with Crippen molar-refractivity contribution in [1.29, 1.82) is 0 Å². The lowest BCUT2D eigenvalue weighted by atomic mass is 10.1. The second kappa shape index (κ2) is 10.4. The lowest BCUT2D eigenvalue weighted by Crippen LogP contribution is -2.41. The molecule has 1 atom stereocenters. The van der Waals surface area contributed by atoms with E-state index in [9.17, 15) is 17.6 Å². The van der Waals surface area contributed by atoms with Crippen LogP contribution in [0.4, 0.5) is 10.1 Å². The summed E-state index contributed by atoms with van der Waals surface area (Å²) in [7, 11) is -0.0234. The molecule has 2 N–H and O–H groups in total. The smallest absolute Gasteiger partial charge is 0.261 e. The van der Waals surface area contributed by atoms with Gasteiger partial charge in [0.05, 0.1) is 4.90 Å². The Morgan fingerprint density at radius 3 is 2.31 bits per heavy atom. The molecule has 0 heterocycles. The summed E-state index contributed by atoms with van der Waals surface area (Å²) in [4.78, 5) is 14.7. The summed E-state index contributed by atoms with van der Waals surface area (Å²) in [6.45, 7) is 0.408. The molecule has 6 nitrogen and oxygen atoms in total. The first-order chi connectivity index (χ1) is 15.2. The van der Waals surface area contributed by atoms with Crippen molar-refractivity contribution >= 4 is 21.6 Å². The molecule has 1 amide bonds. The van der Waals surface area contributed by atoms with Crippen LogP contribution in [0.5, 0.6) is 0 Å². The summed E-state index contributed by atoms with van der Waals surface area (Å²) in [6, 6.07) is 20.9. The number of likely N-dealkylation sites (N-methyl/N-ethyl adjacent to an activating group) is 1. The minimum absolute atomic E-state index is 0.0529. The third kappa shape index (κ3) is 6.38. The molecule has 0 aliphatic carbocycles. The van der Waals surface area contributed by atoms with Crippen LogP contribution in [-0.4, -0.2) is 45.9 Å². The quantitative estimate of drug-likeness (QED) is 0.518. The van der Waals surface area contributed by atoms with Crippen molar-refractivity contribution in [3.05, 3.63) is 95.8 Å². The van der Waals surface area contributed by atoms with Gasteiger partial charge in [0, 0.05) is 23.8 Å². The van der Waals surface area contributed by atoms with Crippen molar-refractivity contribution in [2.45, 2.75) is 17.4 Å². The zero-order valence-electron chi connectivity index (χ0n) is 18.0. The maximum atomic E-state index is 13.1. The predicted octanol–water partition coefficient (Wildman–Crippen LogP) is 3.53. The zero-order chi connectivity index (χ0) is 23.1. The van der Waals surface area contributed by atoms with Crippen LogP contribution in [0.2, 0.25) is 0 Å².